The number of fused-ring (bicyclic) bond motifs is 1. The van der Waals surface area contributed by atoms with Crippen LogP contribution in [0.5, 0.6) is 11.5 Å². The number of nitrogens with one attached hydrogen (secondary N) is 1. The molecule has 1 aliphatic heterocycles. The van der Waals surface area contributed by atoms with Crippen molar-refractivity contribution in [3.63, 3.8) is 0 Å². The minimum absolute atomic E-state index is 0.187. The first-order chi connectivity index (χ1) is 11.2. The van der Waals surface area contributed by atoms with E-state index in [-0.39, 0.29) is 12.3 Å². The van der Waals surface area contributed by atoms with Crippen LogP contribution in [-0.2, 0) is 11.2 Å². The standard InChI is InChI=1S/C17H15BrN2O3/c18-14-3-1-2-13(8-14)11-19-20-17(21)10-12-4-5-15-16(9-12)23-7-6-22-15/h1-5,8-9,11H,6-7,10H2,(H,20,21)/b19-11+. The number of carbonyl (C=O) groups is 1. The molecule has 5 nitrogen and oxygen atoms in total. The molecule has 0 unspecified atom stereocenters. The maximum atomic E-state index is 11.9. The van der Waals surface area contributed by atoms with E-state index in [0.29, 0.717) is 24.7 Å². The molecule has 0 spiro atoms. The molecule has 2 aromatic rings. The van der Waals surface area contributed by atoms with E-state index in [4.69, 9.17) is 9.47 Å². The second kappa shape index (κ2) is 7.28. The van der Waals surface area contributed by atoms with Crippen LogP contribution in [-0.4, -0.2) is 25.3 Å². The molecule has 0 radical (unpaired) electrons. The summed E-state index contributed by atoms with van der Waals surface area (Å²) in [6.07, 6.45) is 1.83. The summed E-state index contributed by atoms with van der Waals surface area (Å²) in [7, 11) is 0. The van der Waals surface area contributed by atoms with Crippen molar-refractivity contribution in [2.75, 3.05) is 13.2 Å². The quantitative estimate of drug-likeness (QED) is 0.661. The van der Waals surface area contributed by atoms with E-state index < -0.39 is 0 Å². The van der Waals surface area contributed by atoms with Gasteiger partial charge in [0.2, 0.25) is 5.91 Å². The van der Waals surface area contributed by atoms with Gasteiger partial charge in [0.05, 0.1) is 12.6 Å². The monoisotopic (exact) mass is 374 g/mol. The van der Waals surface area contributed by atoms with Gasteiger partial charge in [-0.05, 0) is 35.4 Å². The molecule has 2 aromatic carbocycles. The average Bonchev–Trinajstić information content (AvgIpc) is 2.55. The largest absolute Gasteiger partial charge is 0.486 e. The highest BCUT2D eigenvalue weighted by molar-refractivity contribution is 9.10. The molecule has 3 rings (SSSR count). The van der Waals surface area contributed by atoms with E-state index in [1.54, 1.807) is 6.21 Å². The van der Waals surface area contributed by atoms with Crippen LogP contribution in [0.15, 0.2) is 52.0 Å². The number of hydrogen-bond acceptors (Lipinski definition) is 4. The normalized spacial score (nSPS) is 13.1. The molecule has 1 heterocycles. The lowest BCUT2D eigenvalue weighted by Gasteiger charge is -2.18. The lowest BCUT2D eigenvalue weighted by atomic mass is 10.1. The van der Waals surface area contributed by atoms with Crippen molar-refractivity contribution < 1.29 is 14.3 Å². The molecule has 0 saturated heterocycles. The van der Waals surface area contributed by atoms with Crippen LogP contribution in [0.3, 0.4) is 0 Å². The molecule has 0 aliphatic carbocycles. The molecule has 1 aliphatic rings. The maximum Gasteiger partial charge on any atom is 0.244 e. The summed E-state index contributed by atoms with van der Waals surface area (Å²) in [5, 5.41) is 3.96. The van der Waals surface area contributed by atoms with E-state index in [2.05, 4.69) is 26.5 Å². The highest BCUT2D eigenvalue weighted by atomic mass is 79.9. The van der Waals surface area contributed by atoms with Crippen LogP contribution in [0.4, 0.5) is 0 Å². The Labute approximate surface area is 142 Å². The molecular weight excluding hydrogens is 360 g/mol. The smallest absolute Gasteiger partial charge is 0.244 e. The maximum absolute atomic E-state index is 11.9. The van der Waals surface area contributed by atoms with Gasteiger partial charge in [-0.2, -0.15) is 5.10 Å². The van der Waals surface area contributed by atoms with Crippen molar-refractivity contribution in [1.29, 1.82) is 0 Å². The van der Waals surface area contributed by atoms with Crippen molar-refractivity contribution >= 4 is 28.1 Å². The SMILES string of the molecule is O=C(Cc1ccc2c(c1)OCCO2)N/N=C/c1cccc(Br)c1. The molecule has 0 saturated carbocycles. The number of benzene rings is 2. The Bertz CT molecular complexity index is 746. The molecule has 118 valence electrons. The molecule has 0 atom stereocenters. The van der Waals surface area contributed by atoms with Gasteiger partial charge in [0.25, 0.3) is 0 Å². The molecular formula is C17H15BrN2O3. The number of carbonyl (C=O) groups excluding carboxylic acids is 1. The van der Waals surface area contributed by atoms with Crippen molar-refractivity contribution in [3.05, 3.63) is 58.1 Å². The van der Waals surface area contributed by atoms with Crippen molar-refractivity contribution in [3.8, 4) is 11.5 Å². The summed E-state index contributed by atoms with van der Waals surface area (Å²) < 4.78 is 11.9. The minimum atomic E-state index is -0.187. The Morgan fingerprint density at radius 3 is 2.83 bits per heavy atom. The van der Waals surface area contributed by atoms with Gasteiger partial charge in [-0.3, -0.25) is 4.79 Å². The van der Waals surface area contributed by atoms with Gasteiger partial charge in [-0.25, -0.2) is 5.43 Å². The first-order valence-corrected chi connectivity index (χ1v) is 7.96. The zero-order chi connectivity index (χ0) is 16.1. The van der Waals surface area contributed by atoms with Gasteiger partial charge in [0.1, 0.15) is 13.2 Å². The third-order valence-electron chi connectivity index (χ3n) is 3.22. The molecule has 6 heteroatoms. The number of nitrogens with zero attached hydrogens (tertiary/aromatic N) is 1. The topological polar surface area (TPSA) is 59.9 Å². The van der Waals surface area contributed by atoms with Crippen molar-refractivity contribution in [2.45, 2.75) is 6.42 Å². The minimum Gasteiger partial charge on any atom is -0.486 e. The molecule has 1 amide bonds. The zero-order valence-electron chi connectivity index (χ0n) is 12.3. The first kappa shape index (κ1) is 15.6. The highest BCUT2D eigenvalue weighted by Gasteiger charge is 2.12. The van der Waals surface area contributed by atoms with E-state index in [0.717, 1.165) is 15.6 Å². The van der Waals surface area contributed by atoms with Crippen LogP contribution in [0.25, 0.3) is 0 Å². The van der Waals surface area contributed by atoms with Crippen LogP contribution in [0.1, 0.15) is 11.1 Å². The van der Waals surface area contributed by atoms with Crippen LogP contribution in [0.2, 0.25) is 0 Å². The summed E-state index contributed by atoms with van der Waals surface area (Å²) in [6, 6.07) is 13.1. The second-order valence-electron chi connectivity index (χ2n) is 5.00. The summed E-state index contributed by atoms with van der Waals surface area (Å²) in [5.74, 6) is 1.21. The van der Waals surface area contributed by atoms with Crippen LogP contribution >= 0.6 is 15.9 Å². The predicted octanol–water partition coefficient (Wildman–Crippen LogP) is 2.91. The average molecular weight is 375 g/mol. The Morgan fingerprint density at radius 1 is 1.17 bits per heavy atom. The van der Waals surface area contributed by atoms with Crippen LogP contribution in [0, 0.1) is 0 Å². The van der Waals surface area contributed by atoms with Gasteiger partial charge in [-0.1, -0.05) is 34.1 Å². The van der Waals surface area contributed by atoms with Crippen LogP contribution < -0.4 is 14.9 Å². The van der Waals surface area contributed by atoms with Gasteiger partial charge >= 0.3 is 0 Å². The lowest BCUT2D eigenvalue weighted by Crippen LogP contribution is -2.20. The fourth-order valence-corrected chi connectivity index (χ4v) is 2.61. The molecule has 0 fully saturated rings. The lowest BCUT2D eigenvalue weighted by molar-refractivity contribution is -0.120. The summed E-state index contributed by atoms with van der Waals surface area (Å²) in [6.45, 7) is 1.08. The number of rotatable bonds is 4. The predicted molar refractivity (Wildman–Crippen MR) is 91.0 cm³/mol. The number of halogens is 1. The van der Waals surface area contributed by atoms with E-state index in [9.17, 15) is 4.79 Å². The van der Waals surface area contributed by atoms with Crippen molar-refractivity contribution in [2.24, 2.45) is 5.10 Å². The third kappa shape index (κ3) is 4.32. The number of ether oxygens (including phenoxy) is 2. The molecule has 0 bridgehead atoms. The number of hydrazone groups is 1. The van der Waals surface area contributed by atoms with Gasteiger partial charge in [-0.15, -0.1) is 0 Å². The van der Waals surface area contributed by atoms with Gasteiger partial charge in [0.15, 0.2) is 11.5 Å². The van der Waals surface area contributed by atoms with Gasteiger partial charge in [0, 0.05) is 4.47 Å². The first-order valence-electron chi connectivity index (χ1n) is 7.17. The Morgan fingerprint density at radius 2 is 2.00 bits per heavy atom. The van der Waals surface area contributed by atoms with E-state index in [1.807, 2.05) is 42.5 Å². The second-order valence-corrected chi connectivity index (χ2v) is 5.92. The number of hydrogen-bond donors (Lipinski definition) is 1. The highest BCUT2D eigenvalue weighted by Crippen LogP contribution is 2.30. The van der Waals surface area contributed by atoms with Gasteiger partial charge < -0.3 is 9.47 Å². The molecule has 0 aromatic heterocycles. The summed E-state index contributed by atoms with van der Waals surface area (Å²) in [5.41, 5.74) is 4.28. The zero-order valence-corrected chi connectivity index (χ0v) is 13.9. The molecule has 1 N–H and O–H groups in total. The fraction of sp³-hybridized carbons (Fsp3) is 0.176. The Balaban J connectivity index is 1.57. The summed E-state index contributed by atoms with van der Waals surface area (Å²) in [4.78, 5) is 11.9. The third-order valence-corrected chi connectivity index (χ3v) is 3.72. The van der Waals surface area contributed by atoms with Crippen molar-refractivity contribution in [1.82, 2.24) is 5.43 Å². The summed E-state index contributed by atoms with van der Waals surface area (Å²) >= 11 is 3.39. The van der Waals surface area contributed by atoms with E-state index in [1.165, 1.54) is 0 Å². The Hall–Kier alpha value is -2.34. The fourth-order valence-electron chi connectivity index (χ4n) is 2.19. The van der Waals surface area contributed by atoms with E-state index >= 15 is 0 Å². The molecule has 23 heavy (non-hydrogen) atoms. The number of amides is 1. The Kier molecular flexibility index (Phi) is 4.92.